The molecule has 0 saturated heterocycles. The zero-order valence-corrected chi connectivity index (χ0v) is 18.9. The molecule has 2 aromatic carbocycles. The van der Waals surface area contributed by atoms with Gasteiger partial charge in [0.05, 0.1) is 12.6 Å². The molecule has 0 radical (unpaired) electrons. The summed E-state index contributed by atoms with van der Waals surface area (Å²) in [6, 6.07) is 11.6. The Labute approximate surface area is 194 Å². The van der Waals surface area contributed by atoms with E-state index in [4.69, 9.17) is 9.72 Å². The third kappa shape index (κ3) is 4.12. The van der Waals surface area contributed by atoms with Crippen LogP contribution in [0.5, 0.6) is 5.88 Å². The van der Waals surface area contributed by atoms with Crippen LogP contribution >= 0.6 is 0 Å². The zero-order valence-electron chi connectivity index (χ0n) is 18.1. The van der Waals surface area contributed by atoms with Crippen molar-refractivity contribution >= 4 is 32.4 Å². The van der Waals surface area contributed by atoms with Gasteiger partial charge in [0.1, 0.15) is 28.0 Å². The van der Waals surface area contributed by atoms with E-state index in [1.807, 2.05) is 18.2 Å². The third-order valence-electron chi connectivity index (χ3n) is 5.61. The van der Waals surface area contributed by atoms with Gasteiger partial charge in [0.15, 0.2) is 0 Å². The molecule has 0 unspecified atom stereocenters. The molecule has 34 heavy (non-hydrogen) atoms. The summed E-state index contributed by atoms with van der Waals surface area (Å²) in [7, 11) is -3.02. The first kappa shape index (κ1) is 22.0. The van der Waals surface area contributed by atoms with Gasteiger partial charge in [-0.15, -0.1) is 0 Å². The smallest absolute Gasteiger partial charge is 0.264 e. The van der Waals surface area contributed by atoms with Crippen LogP contribution in [0.1, 0.15) is 12.0 Å². The van der Waals surface area contributed by atoms with Crippen LogP contribution in [-0.4, -0.2) is 32.0 Å². The molecule has 0 spiro atoms. The maximum Gasteiger partial charge on any atom is 0.264 e. The molecule has 0 saturated carbocycles. The van der Waals surface area contributed by atoms with Crippen molar-refractivity contribution < 1.29 is 21.9 Å². The van der Waals surface area contributed by atoms with Gasteiger partial charge < -0.3 is 10.1 Å². The van der Waals surface area contributed by atoms with Crippen molar-refractivity contribution in [1.29, 1.82) is 0 Å². The van der Waals surface area contributed by atoms with Crippen molar-refractivity contribution in [1.82, 2.24) is 9.97 Å². The van der Waals surface area contributed by atoms with Crippen LogP contribution in [-0.2, 0) is 16.4 Å². The van der Waals surface area contributed by atoms with Crippen LogP contribution in [0, 0.1) is 11.6 Å². The number of halogens is 2. The lowest BCUT2D eigenvalue weighted by atomic mass is 10.0. The second-order valence-electron chi connectivity index (χ2n) is 7.89. The van der Waals surface area contributed by atoms with Gasteiger partial charge in [0.2, 0.25) is 5.88 Å². The van der Waals surface area contributed by atoms with Crippen molar-refractivity contribution in [2.45, 2.75) is 17.7 Å². The Morgan fingerprint density at radius 1 is 1.06 bits per heavy atom. The lowest BCUT2D eigenvalue weighted by molar-refractivity contribution is 0.400. The van der Waals surface area contributed by atoms with Crippen LogP contribution in [0.3, 0.4) is 0 Å². The molecule has 2 N–H and O–H groups in total. The van der Waals surface area contributed by atoms with E-state index < -0.39 is 26.6 Å². The summed E-state index contributed by atoms with van der Waals surface area (Å²) in [6.07, 6.45) is 3.55. The molecule has 0 bridgehead atoms. The molecule has 1 aliphatic heterocycles. The molecule has 174 valence electrons. The first-order valence-electron chi connectivity index (χ1n) is 10.5. The van der Waals surface area contributed by atoms with Gasteiger partial charge >= 0.3 is 0 Å². The molecule has 0 aliphatic carbocycles. The Hall–Kier alpha value is -3.79. The van der Waals surface area contributed by atoms with Gasteiger partial charge in [-0.25, -0.2) is 27.2 Å². The molecule has 3 heterocycles. The minimum Gasteiger partial charge on any atom is -0.480 e. The van der Waals surface area contributed by atoms with Crippen molar-refractivity contribution in [2.24, 2.45) is 0 Å². The number of anilines is 2. The minimum atomic E-state index is -4.37. The first-order chi connectivity index (χ1) is 16.3. The monoisotopic (exact) mass is 482 g/mol. The summed E-state index contributed by atoms with van der Waals surface area (Å²) in [5.74, 6) is -1.16. The average molecular weight is 483 g/mol. The molecule has 2 aromatic heterocycles. The van der Waals surface area contributed by atoms with Crippen LogP contribution in [0.15, 0.2) is 59.6 Å². The zero-order chi connectivity index (χ0) is 23.9. The first-order valence-corrected chi connectivity index (χ1v) is 12.0. The summed E-state index contributed by atoms with van der Waals surface area (Å²) in [5, 5.41) is 4.27. The van der Waals surface area contributed by atoms with E-state index in [1.165, 1.54) is 7.11 Å². The Morgan fingerprint density at radius 2 is 1.91 bits per heavy atom. The van der Waals surface area contributed by atoms with Crippen LogP contribution < -0.4 is 14.8 Å². The van der Waals surface area contributed by atoms with Gasteiger partial charge in [-0.1, -0.05) is 6.07 Å². The van der Waals surface area contributed by atoms with E-state index in [0.29, 0.717) is 11.6 Å². The van der Waals surface area contributed by atoms with Gasteiger partial charge in [-0.3, -0.25) is 4.72 Å². The molecule has 0 fully saturated rings. The molecule has 0 atom stereocenters. The van der Waals surface area contributed by atoms with Crippen molar-refractivity contribution in [3.8, 4) is 17.0 Å². The highest BCUT2D eigenvalue weighted by Crippen LogP contribution is 2.33. The normalized spacial score (nSPS) is 13.3. The fraction of sp³-hybridized carbons (Fsp3) is 0.167. The number of ether oxygens (including phenoxy) is 1. The number of nitrogens with one attached hydrogen (secondary N) is 2. The van der Waals surface area contributed by atoms with E-state index in [9.17, 15) is 17.2 Å². The lowest BCUT2D eigenvalue weighted by Gasteiger charge is -2.17. The van der Waals surface area contributed by atoms with E-state index in [1.54, 1.807) is 12.3 Å². The highest BCUT2D eigenvalue weighted by atomic mass is 32.2. The molecular formula is C24H20F2N4O3S. The Bertz CT molecular complexity index is 1530. The van der Waals surface area contributed by atoms with E-state index in [2.05, 4.69) is 21.1 Å². The Balaban J connectivity index is 1.53. The molecule has 10 heteroatoms. The summed E-state index contributed by atoms with van der Waals surface area (Å²) >= 11 is 0. The predicted molar refractivity (Wildman–Crippen MR) is 126 cm³/mol. The quantitative estimate of drug-likeness (QED) is 0.427. The van der Waals surface area contributed by atoms with E-state index in [-0.39, 0.29) is 11.6 Å². The number of aromatic nitrogens is 2. The maximum atomic E-state index is 14.1. The molecule has 5 rings (SSSR count). The molecule has 7 nitrogen and oxygen atoms in total. The standard InChI is InChI=1S/C24H20F2N4O3S/c1-33-24-21(30-34(31,32)22-7-5-18(25)12-19(22)26)11-17(13-28-24)14-4-6-20-16(9-14)10-15-3-2-8-27-23(15)29-20/h4-7,9-13,30H,2-3,8H2,1H3,(H,27,29). The number of fused-ring (bicyclic) bond motifs is 2. The second kappa shape index (κ2) is 8.53. The van der Waals surface area contributed by atoms with Gasteiger partial charge in [0, 0.05) is 29.8 Å². The van der Waals surface area contributed by atoms with Crippen LogP contribution in [0.25, 0.3) is 22.0 Å². The summed E-state index contributed by atoms with van der Waals surface area (Å²) in [6.45, 7) is 0.904. The van der Waals surface area contributed by atoms with E-state index in [0.717, 1.165) is 59.4 Å². The molecular weight excluding hydrogens is 462 g/mol. The second-order valence-corrected chi connectivity index (χ2v) is 9.55. The number of hydrogen-bond acceptors (Lipinski definition) is 6. The number of sulfonamides is 1. The largest absolute Gasteiger partial charge is 0.480 e. The van der Waals surface area contributed by atoms with Gasteiger partial charge in [-0.05, 0) is 60.4 Å². The number of hydrogen-bond donors (Lipinski definition) is 2. The number of benzene rings is 2. The Morgan fingerprint density at radius 3 is 2.71 bits per heavy atom. The molecule has 1 aliphatic rings. The highest BCUT2D eigenvalue weighted by Gasteiger charge is 2.22. The van der Waals surface area contributed by atoms with Crippen LogP contribution in [0.2, 0.25) is 0 Å². The highest BCUT2D eigenvalue weighted by molar-refractivity contribution is 7.92. The van der Waals surface area contributed by atoms with Crippen molar-refractivity contribution in [3.63, 3.8) is 0 Å². The average Bonchev–Trinajstić information content (AvgIpc) is 2.81. The van der Waals surface area contributed by atoms with Crippen molar-refractivity contribution in [2.75, 3.05) is 23.7 Å². The maximum absolute atomic E-state index is 14.1. The third-order valence-corrected chi connectivity index (χ3v) is 7.01. The summed E-state index contributed by atoms with van der Waals surface area (Å²) in [4.78, 5) is 8.22. The van der Waals surface area contributed by atoms with Crippen molar-refractivity contribution in [3.05, 3.63) is 71.9 Å². The van der Waals surface area contributed by atoms with Crippen LogP contribution in [0.4, 0.5) is 20.3 Å². The number of methoxy groups -OCH3 is 1. The SMILES string of the molecule is COc1ncc(-c2ccc3nc4c(cc3c2)CCCN4)cc1NS(=O)(=O)c1ccc(F)cc1F. The Kier molecular flexibility index (Phi) is 5.52. The number of aryl methyl sites for hydroxylation is 1. The fourth-order valence-electron chi connectivity index (χ4n) is 3.97. The molecule has 0 amide bonds. The number of rotatable bonds is 5. The van der Waals surface area contributed by atoms with E-state index >= 15 is 0 Å². The van der Waals surface area contributed by atoms with Gasteiger partial charge in [0.25, 0.3) is 10.0 Å². The topological polar surface area (TPSA) is 93.2 Å². The molecule has 4 aromatic rings. The predicted octanol–water partition coefficient (Wildman–Crippen LogP) is 4.74. The lowest BCUT2D eigenvalue weighted by Crippen LogP contribution is -2.15. The van der Waals surface area contributed by atoms with Gasteiger partial charge in [-0.2, -0.15) is 0 Å². The summed E-state index contributed by atoms with van der Waals surface area (Å²) in [5.41, 5.74) is 3.43. The minimum absolute atomic E-state index is 0.0115. The number of nitrogens with zero attached hydrogens (tertiary/aromatic N) is 2. The summed E-state index contributed by atoms with van der Waals surface area (Å²) < 4.78 is 60.4. The number of pyridine rings is 2. The fourth-order valence-corrected chi connectivity index (χ4v) is 5.08.